The average molecular weight is 731 g/mol. The molecular weight excluding hydrogens is 676 g/mol. The van der Waals surface area contributed by atoms with Crippen molar-refractivity contribution in [2.75, 3.05) is 21.2 Å². The van der Waals surface area contributed by atoms with E-state index in [1.54, 1.807) is 58.0 Å². The third-order valence-corrected chi connectivity index (χ3v) is 9.15. The molecule has 2 aliphatic rings. The Morgan fingerprint density at radius 3 is 2.38 bits per heavy atom. The Bertz CT molecular complexity index is 1380. The molecule has 288 valence electrons. The van der Waals surface area contributed by atoms with Gasteiger partial charge in [-0.25, -0.2) is 4.79 Å². The first-order valence-electron chi connectivity index (χ1n) is 17.6. The Morgan fingerprint density at radius 2 is 1.75 bits per heavy atom. The number of alkyl carbamates (subject to hydrolysis) is 1. The number of cyclic esters (lactones) is 1. The molecule has 0 aliphatic carbocycles. The van der Waals surface area contributed by atoms with Crippen molar-refractivity contribution in [3.63, 3.8) is 0 Å². The quantitative estimate of drug-likeness (QED) is 0.204. The largest absolute Gasteiger partial charge is 0.462 e. The normalized spacial score (nSPS) is 33.4. The van der Waals surface area contributed by atoms with Crippen LogP contribution < -0.4 is 5.32 Å². The molecule has 0 spiro atoms. The molecule has 14 heteroatoms. The van der Waals surface area contributed by atoms with Crippen molar-refractivity contribution in [3.8, 4) is 0 Å². The van der Waals surface area contributed by atoms with Crippen LogP contribution in [0.3, 0.4) is 0 Å². The van der Waals surface area contributed by atoms with E-state index in [0.717, 1.165) is 5.56 Å². The van der Waals surface area contributed by atoms with Gasteiger partial charge in [0, 0.05) is 39.3 Å². The number of aliphatic hydroxyl groups excluding tert-OH is 1. The molecule has 0 radical (unpaired) electrons. The number of nitrogens with zero attached hydrogens (tertiary/aromatic N) is 1. The molecule has 3 rings (SSSR count). The number of benzene rings is 1. The van der Waals surface area contributed by atoms with Crippen molar-refractivity contribution < 1.29 is 57.5 Å². The van der Waals surface area contributed by atoms with Crippen molar-refractivity contribution >= 4 is 30.1 Å². The van der Waals surface area contributed by atoms with Crippen LogP contribution in [-0.2, 0) is 54.1 Å². The predicted molar refractivity (Wildman–Crippen MR) is 189 cm³/mol. The highest BCUT2D eigenvalue weighted by atomic mass is 16.7. The number of esters is 2. The number of ketones is 1. The lowest BCUT2D eigenvalue weighted by molar-refractivity contribution is -0.309. The van der Waals surface area contributed by atoms with E-state index in [2.05, 4.69) is 5.32 Å². The van der Waals surface area contributed by atoms with Crippen molar-refractivity contribution in [1.29, 1.82) is 0 Å². The van der Waals surface area contributed by atoms with Gasteiger partial charge < -0.3 is 48.5 Å². The predicted octanol–water partition coefficient (Wildman–Crippen LogP) is 3.29. The van der Waals surface area contributed by atoms with Gasteiger partial charge >= 0.3 is 18.0 Å². The summed E-state index contributed by atoms with van der Waals surface area (Å²) < 4.78 is 35.6. The average Bonchev–Trinajstić information content (AvgIpc) is 3.08. The van der Waals surface area contributed by atoms with Crippen LogP contribution in [-0.4, -0.2) is 116 Å². The molecule has 2 N–H and O–H groups in total. The van der Waals surface area contributed by atoms with Gasteiger partial charge in [-0.15, -0.1) is 0 Å². The number of ether oxygens (including phenoxy) is 6. The summed E-state index contributed by atoms with van der Waals surface area (Å²) in [6.45, 7) is 6.51. The summed E-state index contributed by atoms with van der Waals surface area (Å²) in [6, 6.07) is 8.47. The minimum atomic E-state index is -1.42. The monoisotopic (exact) mass is 730 g/mol. The number of nitrogens with one attached hydrogen (secondary N) is 1. The second-order valence-corrected chi connectivity index (χ2v) is 13.5. The Morgan fingerprint density at radius 1 is 1.04 bits per heavy atom. The first-order valence-corrected chi connectivity index (χ1v) is 17.6. The van der Waals surface area contributed by atoms with Crippen LogP contribution in [0.25, 0.3) is 0 Å². The number of hydrogen-bond donors (Lipinski definition) is 2. The Kier molecular flexibility index (Phi) is 17.1. The molecule has 1 fully saturated rings. The number of aldehydes is 1. The lowest BCUT2D eigenvalue weighted by atomic mass is 9.83. The fraction of sp³-hybridized carbons (Fsp3) is 0.605. The molecule has 0 bridgehead atoms. The fourth-order valence-electron chi connectivity index (χ4n) is 6.57. The number of hydrogen-bond acceptors (Lipinski definition) is 13. The van der Waals surface area contributed by atoms with E-state index in [-0.39, 0.29) is 25.2 Å². The molecule has 0 saturated carbocycles. The van der Waals surface area contributed by atoms with E-state index in [1.807, 2.05) is 30.3 Å². The van der Waals surface area contributed by atoms with E-state index in [0.29, 0.717) is 12.7 Å². The van der Waals surface area contributed by atoms with Crippen molar-refractivity contribution in [1.82, 2.24) is 10.2 Å². The lowest BCUT2D eigenvalue weighted by Gasteiger charge is -2.47. The maximum absolute atomic E-state index is 13.1. The highest BCUT2D eigenvalue weighted by molar-refractivity contribution is 5.91. The molecule has 2 heterocycles. The zero-order valence-corrected chi connectivity index (χ0v) is 31.0. The van der Waals surface area contributed by atoms with Crippen LogP contribution in [0, 0.1) is 11.8 Å². The fourth-order valence-corrected chi connectivity index (χ4v) is 6.57. The number of carbonyl (C=O) groups excluding carboxylic acids is 5. The molecular formula is C38H54N2O12. The van der Waals surface area contributed by atoms with Gasteiger partial charge in [-0.05, 0) is 51.9 Å². The number of methoxy groups -OCH3 is 1. The van der Waals surface area contributed by atoms with E-state index < -0.39 is 91.3 Å². The zero-order valence-electron chi connectivity index (χ0n) is 31.0. The van der Waals surface area contributed by atoms with Gasteiger partial charge in [-0.2, -0.15) is 0 Å². The number of aliphatic hydroxyl groups is 1. The lowest BCUT2D eigenvalue weighted by Crippen LogP contribution is -2.65. The van der Waals surface area contributed by atoms with Crippen LogP contribution in [0.4, 0.5) is 4.79 Å². The zero-order chi connectivity index (χ0) is 38.4. The summed E-state index contributed by atoms with van der Waals surface area (Å²) in [7, 11) is 4.76. The summed E-state index contributed by atoms with van der Waals surface area (Å²) in [5.74, 6) is -2.89. The van der Waals surface area contributed by atoms with E-state index in [9.17, 15) is 29.1 Å². The van der Waals surface area contributed by atoms with Gasteiger partial charge in [-0.1, -0.05) is 55.5 Å². The minimum absolute atomic E-state index is 0.108. The molecule has 52 heavy (non-hydrogen) atoms. The molecule has 1 unspecified atom stereocenters. The Hall–Kier alpha value is -3.95. The smallest absolute Gasteiger partial charge is 0.407 e. The second-order valence-electron chi connectivity index (χ2n) is 13.5. The number of allylic oxidation sites excluding steroid dienone is 3. The molecule has 14 nitrogen and oxygen atoms in total. The van der Waals surface area contributed by atoms with Crippen molar-refractivity contribution in [2.24, 2.45) is 11.8 Å². The standard InChI is InChI=1S/C38H54N2O12/c1-23-20-28(18-19-41)35(36(47-7)30(50-26(4)42)21-31(44)48-24(2)14-10-8-13-17-29(23)43)51-37-33(45)32(40(5)6)34(25(3)49-37)52-38(46)39-22-27-15-11-9-12-16-27/h8-13,15-17,19,23-25,28,30,32-37,45H,14,18,20-22H2,1-7H3,(H,39,46)/b10-8+,17-13+/t23-,24-,25-,28+,30-,32-,33-,34-,35+,36?,37+/m1/s1. The maximum atomic E-state index is 13.1. The highest BCUT2D eigenvalue weighted by Gasteiger charge is 2.50. The van der Waals surface area contributed by atoms with E-state index in [4.69, 9.17) is 28.4 Å². The van der Waals surface area contributed by atoms with Crippen LogP contribution >= 0.6 is 0 Å². The summed E-state index contributed by atoms with van der Waals surface area (Å²) in [4.78, 5) is 65.4. The molecule has 0 aromatic heterocycles. The third-order valence-electron chi connectivity index (χ3n) is 9.15. The van der Waals surface area contributed by atoms with Crippen LogP contribution in [0.15, 0.2) is 54.6 Å². The SMILES string of the molecule is COC1[C@@H](O[C@@H]2O[C@H](C)[C@@H](OC(=O)NCc3ccccc3)[C@H](N(C)C)[C@H]2O)[C@@H](CC=O)C[C@@H](C)C(=O)/C=C/C=C/C[C@@H](C)OC(=O)C[C@H]1OC(C)=O. The molecule has 1 aromatic carbocycles. The second kappa shape index (κ2) is 20.9. The number of carbonyl (C=O) groups is 5. The van der Waals surface area contributed by atoms with Crippen molar-refractivity contribution in [3.05, 3.63) is 60.2 Å². The molecule has 1 aromatic rings. The van der Waals surface area contributed by atoms with Gasteiger partial charge in [0.25, 0.3) is 0 Å². The number of amides is 1. The van der Waals surface area contributed by atoms with E-state index >= 15 is 0 Å². The maximum Gasteiger partial charge on any atom is 0.407 e. The summed E-state index contributed by atoms with van der Waals surface area (Å²) in [5, 5.41) is 14.5. The molecule has 1 saturated heterocycles. The molecule has 11 atom stereocenters. The number of likely N-dealkylation sites (N-methyl/N-ethyl adjacent to an activating group) is 1. The van der Waals surface area contributed by atoms with Gasteiger partial charge in [0.2, 0.25) is 0 Å². The minimum Gasteiger partial charge on any atom is -0.462 e. The first kappa shape index (κ1) is 42.5. The van der Waals surface area contributed by atoms with Gasteiger partial charge in [0.05, 0.1) is 24.7 Å². The van der Waals surface area contributed by atoms with E-state index in [1.165, 1.54) is 20.1 Å². The van der Waals surface area contributed by atoms with Crippen molar-refractivity contribution in [2.45, 2.75) is 115 Å². The summed E-state index contributed by atoms with van der Waals surface area (Å²) >= 11 is 0. The molecule has 1 amide bonds. The summed E-state index contributed by atoms with van der Waals surface area (Å²) in [6.07, 6.45) is -2.22. The van der Waals surface area contributed by atoms with Crippen LogP contribution in [0.5, 0.6) is 0 Å². The first-order chi connectivity index (χ1) is 24.7. The Balaban J connectivity index is 1.98. The topological polar surface area (TPSA) is 176 Å². The third kappa shape index (κ3) is 12.6. The van der Waals surface area contributed by atoms with Gasteiger partial charge in [0.15, 0.2) is 12.1 Å². The van der Waals surface area contributed by atoms with Gasteiger partial charge in [-0.3, -0.25) is 14.4 Å². The van der Waals surface area contributed by atoms with Crippen LogP contribution in [0.2, 0.25) is 0 Å². The Labute approximate surface area is 305 Å². The highest BCUT2D eigenvalue weighted by Crippen LogP contribution is 2.34. The van der Waals surface area contributed by atoms with Gasteiger partial charge in [0.1, 0.15) is 36.8 Å². The number of rotatable bonds is 10. The molecule has 2 aliphatic heterocycles. The van der Waals surface area contributed by atoms with Crippen LogP contribution in [0.1, 0.15) is 58.9 Å². The summed E-state index contributed by atoms with van der Waals surface area (Å²) in [5.41, 5.74) is 0.871.